The third kappa shape index (κ3) is 3.21. The molecular weight excluding hydrogens is 234 g/mol. The fraction of sp³-hybridized carbons (Fsp3) is 0.571. The lowest BCUT2D eigenvalue weighted by Gasteiger charge is -2.41. The molecule has 0 aliphatic carbocycles. The Bertz CT molecular complexity index is 386. The first-order valence-corrected chi connectivity index (χ1v) is 6.47. The zero-order valence-electron chi connectivity index (χ0n) is 10.7. The first-order valence-electron chi connectivity index (χ1n) is 6.09. The molecule has 1 unspecified atom stereocenters. The molecule has 1 aliphatic rings. The zero-order valence-corrected chi connectivity index (χ0v) is 11.5. The largest absolute Gasteiger partial charge is 0.371 e. The second-order valence-electron chi connectivity index (χ2n) is 5.53. The van der Waals surface area contributed by atoms with E-state index >= 15 is 0 Å². The lowest BCUT2D eigenvalue weighted by molar-refractivity contribution is -0.0596. The Morgan fingerprint density at radius 2 is 2.12 bits per heavy atom. The van der Waals surface area contributed by atoms with Crippen LogP contribution in [0.1, 0.15) is 32.4 Å². The van der Waals surface area contributed by atoms with Gasteiger partial charge in [-0.3, -0.25) is 4.90 Å². The molecule has 0 bridgehead atoms. The molecule has 0 saturated carbocycles. The summed E-state index contributed by atoms with van der Waals surface area (Å²) in [6.07, 6.45) is 0.140. The van der Waals surface area contributed by atoms with E-state index in [0.717, 1.165) is 24.7 Å². The average Bonchev–Trinajstić information content (AvgIpc) is 2.28. The van der Waals surface area contributed by atoms with Crippen LogP contribution in [-0.4, -0.2) is 30.1 Å². The van der Waals surface area contributed by atoms with E-state index in [1.807, 2.05) is 18.2 Å². The van der Waals surface area contributed by atoms with Gasteiger partial charge < -0.3 is 4.74 Å². The van der Waals surface area contributed by atoms with Gasteiger partial charge in [0.1, 0.15) is 0 Å². The number of hydrogen-bond donors (Lipinski definition) is 0. The molecule has 1 heterocycles. The van der Waals surface area contributed by atoms with E-state index < -0.39 is 0 Å². The van der Waals surface area contributed by atoms with Gasteiger partial charge in [-0.1, -0.05) is 23.7 Å². The predicted octanol–water partition coefficient (Wildman–Crippen LogP) is 3.51. The Labute approximate surface area is 109 Å². The van der Waals surface area contributed by atoms with Gasteiger partial charge in [0.15, 0.2) is 0 Å². The van der Waals surface area contributed by atoms with Crippen LogP contribution in [0.25, 0.3) is 0 Å². The van der Waals surface area contributed by atoms with Gasteiger partial charge in [-0.2, -0.15) is 0 Å². The van der Waals surface area contributed by atoms with Gasteiger partial charge in [-0.15, -0.1) is 0 Å². The van der Waals surface area contributed by atoms with Gasteiger partial charge in [0.2, 0.25) is 0 Å². The summed E-state index contributed by atoms with van der Waals surface area (Å²) in [4.78, 5) is 2.46. The molecule has 2 rings (SSSR count). The number of morpholine rings is 1. The summed E-state index contributed by atoms with van der Waals surface area (Å²) >= 11 is 6.02. The first kappa shape index (κ1) is 12.9. The zero-order chi connectivity index (χ0) is 12.5. The van der Waals surface area contributed by atoms with Crippen LogP contribution in [0.2, 0.25) is 5.02 Å². The van der Waals surface area contributed by atoms with Crippen LogP contribution in [-0.2, 0) is 4.74 Å². The molecule has 2 nitrogen and oxygen atoms in total. The van der Waals surface area contributed by atoms with Crippen molar-refractivity contribution in [2.45, 2.75) is 32.4 Å². The van der Waals surface area contributed by atoms with Crippen LogP contribution < -0.4 is 0 Å². The van der Waals surface area contributed by atoms with Crippen LogP contribution in [0.5, 0.6) is 0 Å². The third-order valence-electron chi connectivity index (χ3n) is 3.24. The van der Waals surface area contributed by atoms with Crippen molar-refractivity contribution in [1.29, 1.82) is 0 Å². The Morgan fingerprint density at radius 3 is 2.76 bits per heavy atom. The molecule has 3 heteroatoms. The molecule has 94 valence electrons. The van der Waals surface area contributed by atoms with Crippen molar-refractivity contribution in [2.24, 2.45) is 0 Å². The molecule has 0 spiro atoms. The number of rotatable bonds is 1. The summed E-state index contributed by atoms with van der Waals surface area (Å²) in [5.41, 5.74) is 1.37. The van der Waals surface area contributed by atoms with Crippen LogP contribution in [0, 0.1) is 0 Å². The average molecular weight is 254 g/mol. The molecule has 1 aliphatic heterocycles. The highest BCUT2D eigenvalue weighted by molar-refractivity contribution is 6.30. The van der Waals surface area contributed by atoms with Gasteiger partial charge in [-0.05, 0) is 38.5 Å². The smallest absolute Gasteiger partial charge is 0.0953 e. The van der Waals surface area contributed by atoms with E-state index in [-0.39, 0.29) is 11.6 Å². The quantitative estimate of drug-likeness (QED) is 0.760. The van der Waals surface area contributed by atoms with E-state index in [1.54, 1.807) is 0 Å². The fourth-order valence-corrected chi connectivity index (χ4v) is 2.37. The third-order valence-corrected chi connectivity index (χ3v) is 3.47. The lowest BCUT2D eigenvalue weighted by atomic mass is 10.0. The van der Waals surface area contributed by atoms with E-state index in [2.05, 4.69) is 31.7 Å². The number of hydrogen-bond acceptors (Lipinski definition) is 2. The van der Waals surface area contributed by atoms with Crippen LogP contribution >= 0.6 is 11.6 Å². The minimum atomic E-state index is 0.140. The lowest BCUT2D eigenvalue weighted by Crippen LogP contribution is -2.48. The monoisotopic (exact) mass is 253 g/mol. The maximum absolute atomic E-state index is 6.02. The van der Waals surface area contributed by atoms with Gasteiger partial charge >= 0.3 is 0 Å². The molecular formula is C14H20ClNO. The molecule has 1 aromatic rings. The number of ether oxygens (including phenoxy) is 1. The number of nitrogens with zero attached hydrogens (tertiary/aromatic N) is 1. The number of halogens is 1. The van der Waals surface area contributed by atoms with Crippen molar-refractivity contribution < 1.29 is 4.74 Å². The Kier molecular flexibility index (Phi) is 3.76. The molecule has 1 fully saturated rings. The summed E-state index contributed by atoms with van der Waals surface area (Å²) in [7, 11) is 0. The van der Waals surface area contributed by atoms with Gasteiger partial charge in [-0.25, -0.2) is 0 Å². The van der Waals surface area contributed by atoms with Crippen molar-refractivity contribution in [3.05, 3.63) is 34.9 Å². The van der Waals surface area contributed by atoms with Gasteiger partial charge in [0, 0.05) is 23.7 Å². The standard InChI is InChI=1S/C14H20ClNO/c1-14(2,3)16-7-8-17-13(10-16)11-5-4-6-12(15)9-11/h4-6,9,13H,7-8,10H2,1-3H3. The van der Waals surface area contributed by atoms with Gasteiger partial charge in [0.05, 0.1) is 12.7 Å². The van der Waals surface area contributed by atoms with Crippen LogP contribution in [0.3, 0.4) is 0 Å². The molecule has 0 N–H and O–H groups in total. The second-order valence-corrected chi connectivity index (χ2v) is 5.97. The van der Waals surface area contributed by atoms with Crippen molar-refractivity contribution in [3.63, 3.8) is 0 Å². The van der Waals surface area contributed by atoms with E-state index in [1.165, 1.54) is 5.56 Å². The Morgan fingerprint density at radius 1 is 1.35 bits per heavy atom. The van der Waals surface area contributed by atoms with Crippen molar-refractivity contribution in [1.82, 2.24) is 4.90 Å². The van der Waals surface area contributed by atoms with Crippen molar-refractivity contribution in [2.75, 3.05) is 19.7 Å². The van der Waals surface area contributed by atoms with E-state index in [9.17, 15) is 0 Å². The summed E-state index contributed by atoms with van der Waals surface area (Å²) < 4.78 is 5.84. The first-order chi connectivity index (χ1) is 7.97. The highest BCUT2D eigenvalue weighted by atomic mass is 35.5. The van der Waals surface area contributed by atoms with Crippen molar-refractivity contribution >= 4 is 11.6 Å². The van der Waals surface area contributed by atoms with Crippen LogP contribution in [0.15, 0.2) is 24.3 Å². The normalized spacial score (nSPS) is 22.7. The summed E-state index contributed by atoms with van der Waals surface area (Å²) in [5.74, 6) is 0. The van der Waals surface area contributed by atoms with E-state index in [4.69, 9.17) is 16.3 Å². The second kappa shape index (κ2) is 4.97. The number of benzene rings is 1. The minimum absolute atomic E-state index is 0.140. The maximum Gasteiger partial charge on any atom is 0.0953 e. The summed E-state index contributed by atoms with van der Waals surface area (Å²) in [5, 5.41) is 0.777. The van der Waals surface area contributed by atoms with E-state index in [0.29, 0.717) is 0 Å². The van der Waals surface area contributed by atoms with Crippen LogP contribution in [0.4, 0.5) is 0 Å². The fourth-order valence-electron chi connectivity index (χ4n) is 2.17. The summed E-state index contributed by atoms with van der Waals surface area (Å²) in [6.45, 7) is 9.45. The molecule has 1 saturated heterocycles. The van der Waals surface area contributed by atoms with Crippen molar-refractivity contribution in [3.8, 4) is 0 Å². The Balaban J connectivity index is 2.12. The van der Waals surface area contributed by atoms with Gasteiger partial charge in [0.25, 0.3) is 0 Å². The highest BCUT2D eigenvalue weighted by Crippen LogP contribution is 2.27. The molecule has 0 radical (unpaired) electrons. The summed E-state index contributed by atoms with van der Waals surface area (Å²) in [6, 6.07) is 7.97. The molecule has 1 aromatic carbocycles. The molecule has 17 heavy (non-hydrogen) atoms. The maximum atomic E-state index is 6.02. The molecule has 0 amide bonds. The highest BCUT2D eigenvalue weighted by Gasteiger charge is 2.29. The predicted molar refractivity (Wildman–Crippen MR) is 71.5 cm³/mol. The topological polar surface area (TPSA) is 12.5 Å². The minimum Gasteiger partial charge on any atom is -0.371 e. The molecule has 0 aromatic heterocycles. The SMILES string of the molecule is CC(C)(C)N1CCOC(c2cccc(Cl)c2)C1. The molecule has 1 atom stereocenters. The Hall–Kier alpha value is -0.570.